The van der Waals surface area contributed by atoms with E-state index in [1.165, 1.54) is 0 Å². The number of likely N-dealkylation sites (tertiary alicyclic amines) is 1. The van der Waals surface area contributed by atoms with E-state index in [-0.39, 0.29) is 17.7 Å². The Kier molecular flexibility index (Phi) is 3.73. The molecule has 1 saturated heterocycles. The Balaban J connectivity index is 1.96. The predicted octanol–water partition coefficient (Wildman–Crippen LogP) is 1.42. The first kappa shape index (κ1) is 13.1. The van der Waals surface area contributed by atoms with Gasteiger partial charge in [0.15, 0.2) is 0 Å². The van der Waals surface area contributed by atoms with Crippen LogP contribution in [0, 0.1) is 5.92 Å². The van der Waals surface area contributed by atoms with Crippen molar-refractivity contribution in [1.29, 1.82) is 0 Å². The maximum Gasteiger partial charge on any atom is 0.228 e. The summed E-state index contributed by atoms with van der Waals surface area (Å²) >= 11 is 0. The van der Waals surface area contributed by atoms with Crippen molar-refractivity contribution in [3.8, 4) is 0 Å². The van der Waals surface area contributed by atoms with Gasteiger partial charge in [0.25, 0.3) is 0 Å². The van der Waals surface area contributed by atoms with Crippen LogP contribution in [0.2, 0.25) is 0 Å². The fraction of sp³-hybridized carbons (Fsp3) is 0.714. The lowest BCUT2D eigenvalue weighted by Crippen LogP contribution is -2.38. The molecule has 0 aromatic rings. The second kappa shape index (κ2) is 5.12. The van der Waals surface area contributed by atoms with Crippen molar-refractivity contribution in [3.63, 3.8) is 0 Å². The van der Waals surface area contributed by atoms with Crippen molar-refractivity contribution in [2.75, 3.05) is 19.6 Å². The molecule has 2 fully saturated rings. The molecule has 1 saturated carbocycles. The lowest BCUT2D eigenvalue weighted by molar-refractivity contribution is -0.135. The molecule has 100 valence electrons. The number of carbonyl (C=O) groups excluding carboxylic acids is 2. The van der Waals surface area contributed by atoms with Gasteiger partial charge in [-0.1, -0.05) is 12.2 Å². The van der Waals surface area contributed by atoms with E-state index in [0.29, 0.717) is 32.1 Å². The standard InChI is InChI=1S/C14H22N2O2/c1-4-15(8-10(2)3)14(18)11-7-13(17)16(9-11)12-5-6-12/h11-12H,2,4-9H2,1,3H3/t11-/m1/s1. The van der Waals surface area contributed by atoms with Gasteiger partial charge >= 0.3 is 0 Å². The lowest BCUT2D eigenvalue weighted by atomic mass is 10.1. The van der Waals surface area contributed by atoms with E-state index < -0.39 is 0 Å². The quantitative estimate of drug-likeness (QED) is 0.692. The van der Waals surface area contributed by atoms with Crippen LogP contribution in [0.5, 0.6) is 0 Å². The SMILES string of the molecule is C=C(C)CN(CC)C(=O)[C@@H]1CC(=O)N(C2CC2)C1. The van der Waals surface area contributed by atoms with E-state index >= 15 is 0 Å². The molecule has 2 rings (SSSR count). The molecule has 0 unspecified atom stereocenters. The predicted molar refractivity (Wildman–Crippen MR) is 69.9 cm³/mol. The van der Waals surface area contributed by atoms with E-state index in [4.69, 9.17) is 0 Å². The first-order valence-corrected chi connectivity index (χ1v) is 6.75. The first-order valence-electron chi connectivity index (χ1n) is 6.75. The monoisotopic (exact) mass is 250 g/mol. The van der Waals surface area contributed by atoms with Gasteiger partial charge in [-0.2, -0.15) is 0 Å². The van der Waals surface area contributed by atoms with Gasteiger partial charge in [-0.25, -0.2) is 0 Å². The molecule has 0 aromatic carbocycles. The number of likely N-dealkylation sites (N-methyl/N-ethyl adjacent to an activating group) is 1. The summed E-state index contributed by atoms with van der Waals surface area (Å²) in [5.74, 6) is 0.122. The van der Waals surface area contributed by atoms with Crippen molar-refractivity contribution < 1.29 is 9.59 Å². The molecule has 0 bridgehead atoms. The second-order valence-electron chi connectivity index (χ2n) is 5.49. The average Bonchev–Trinajstić information content (AvgIpc) is 3.08. The summed E-state index contributed by atoms with van der Waals surface area (Å²) in [6.45, 7) is 9.64. The van der Waals surface area contributed by atoms with Gasteiger partial charge in [0.1, 0.15) is 0 Å². The smallest absolute Gasteiger partial charge is 0.228 e. The number of hydrogen-bond acceptors (Lipinski definition) is 2. The topological polar surface area (TPSA) is 40.6 Å². The zero-order valence-electron chi connectivity index (χ0n) is 11.3. The van der Waals surface area contributed by atoms with Gasteiger partial charge in [-0.3, -0.25) is 9.59 Å². The highest BCUT2D eigenvalue weighted by Crippen LogP contribution is 2.33. The molecule has 1 aliphatic heterocycles. The molecule has 1 aliphatic carbocycles. The zero-order chi connectivity index (χ0) is 13.3. The van der Waals surface area contributed by atoms with Crippen molar-refractivity contribution in [2.45, 2.75) is 39.2 Å². The van der Waals surface area contributed by atoms with Crippen LogP contribution in [-0.2, 0) is 9.59 Å². The highest BCUT2D eigenvalue weighted by atomic mass is 16.2. The molecule has 2 aliphatic rings. The van der Waals surface area contributed by atoms with Crippen LogP contribution in [0.25, 0.3) is 0 Å². The van der Waals surface area contributed by atoms with E-state index in [0.717, 1.165) is 18.4 Å². The Bertz CT molecular complexity index is 374. The maximum absolute atomic E-state index is 12.4. The third kappa shape index (κ3) is 2.74. The van der Waals surface area contributed by atoms with E-state index in [1.54, 1.807) is 4.90 Å². The molecule has 1 atom stereocenters. The van der Waals surface area contributed by atoms with E-state index in [9.17, 15) is 9.59 Å². The third-order valence-corrected chi connectivity index (χ3v) is 3.65. The summed E-state index contributed by atoms with van der Waals surface area (Å²) in [6.07, 6.45) is 2.61. The summed E-state index contributed by atoms with van der Waals surface area (Å²) in [6, 6.07) is 0.423. The number of nitrogens with zero attached hydrogens (tertiary/aromatic N) is 2. The van der Waals surface area contributed by atoms with Gasteiger partial charge in [-0.15, -0.1) is 0 Å². The van der Waals surface area contributed by atoms with E-state index in [1.807, 2.05) is 18.7 Å². The molecule has 0 radical (unpaired) electrons. The molecular weight excluding hydrogens is 228 g/mol. The molecular formula is C14H22N2O2. The van der Waals surface area contributed by atoms with Crippen LogP contribution in [0.4, 0.5) is 0 Å². The van der Waals surface area contributed by atoms with Gasteiger partial charge < -0.3 is 9.80 Å². The van der Waals surface area contributed by atoms with Crippen LogP contribution in [-0.4, -0.2) is 47.3 Å². The number of amides is 2. The Morgan fingerprint density at radius 2 is 2.17 bits per heavy atom. The summed E-state index contributed by atoms with van der Waals surface area (Å²) in [5, 5.41) is 0. The Labute approximate surface area is 109 Å². The summed E-state index contributed by atoms with van der Waals surface area (Å²) < 4.78 is 0. The van der Waals surface area contributed by atoms with Crippen molar-refractivity contribution in [3.05, 3.63) is 12.2 Å². The largest absolute Gasteiger partial charge is 0.339 e. The average molecular weight is 250 g/mol. The fourth-order valence-corrected chi connectivity index (χ4v) is 2.57. The summed E-state index contributed by atoms with van der Waals surface area (Å²) in [4.78, 5) is 27.9. The van der Waals surface area contributed by atoms with Gasteiger partial charge in [0.05, 0.1) is 5.92 Å². The molecule has 18 heavy (non-hydrogen) atoms. The van der Waals surface area contributed by atoms with Crippen LogP contribution in [0.3, 0.4) is 0 Å². The van der Waals surface area contributed by atoms with Gasteiger partial charge in [0, 0.05) is 32.1 Å². The van der Waals surface area contributed by atoms with Crippen LogP contribution >= 0.6 is 0 Å². The van der Waals surface area contributed by atoms with Crippen molar-refractivity contribution >= 4 is 11.8 Å². The van der Waals surface area contributed by atoms with Crippen LogP contribution in [0.15, 0.2) is 12.2 Å². The minimum Gasteiger partial charge on any atom is -0.339 e. The van der Waals surface area contributed by atoms with Crippen LogP contribution < -0.4 is 0 Å². The molecule has 0 aromatic heterocycles. The molecule has 4 heteroatoms. The van der Waals surface area contributed by atoms with Crippen molar-refractivity contribution in [2.24, 2.45) is 5.92 Å². The molecule has 0 N–H and O–H groups in total. The molecule has 1 heterocycles. The Hall–Kier alpha value is -1.32. The number of rotatable bonds is 5. The number of carbonyl (C=O) groups is 2. The van der Waals surface area contributed by atoms with Gasteiger partial charge in [-0.05, 0) is 26.7 Å². The van der Waals surface area contributed by atoms with Crippen molar-refractivity contribution in [1.82, 2.24) is 9.80 Å². The highest BCUT2D eigenvalue weighted by molar-refractivity contribution is 5.89. The third-order valence-electron chi connectivity index (χ3n) is 3.65. The summed E-state index contributed by atoms with van der Waals surface area (Å²) in [7, 11) is 0. The minimum absolute atomic E-state index is 0.108. The number of hydrogen-bond donors (Lipinski definition) is 0. The van der Waals surface area contributed by atoms with E-state index in [2.05, 4.69) is 6.58 Å². The normalized spacial score (nSPS) is 23.3. The summed E-state index contributed by atoms with van der Waals surface area (Å²) in [5.41, 5.74) is 0.980. The lowest BCUT2D eigenvalue weighted by Gasteiger charge is -2.24. The van der Waals surface area contributed by atoms with Crippen LogP contribution in [0.1, 0.15) is 33.1 Å². The Morgan fingerprint density at radius 1 is 1.50 bits per heavy atom. The molecule has 0 spiro atoms. The maximum atomic E-state index is 12.4. The Morgan fingerprint density at radius 3 is 2.67 bits per heavy atom. The first-order chi connectivity index (χ1) is 8.52. The van der Waals surface area contributed by atoms with Gasteiger partial charge in [0.2, 0.25) is 11.8 Å². The zero-order valence-corrected chi connectivity index (χ0v) is 11.3. The molecule has 2 amide bonds. The fourth-order valence-electron chi connectivity index (χ4n) is 2.57. The molecule has 4 nitrogen and oxygen atoms in total. The second-order valence-corrected chi connectivity index (χ2v) is 5.49. The minimum atomic E-state index is -0.141. The highest BCUT2D eigenvalue weighted by Gasteiger charge is 2.42.